The second-order valence-electron chi connectivity index (χ2n) is 4.73. The van der Waals surface area contributed by atoms with Crippen molar-refractivity contribution >= 4 is 6.29 Å². The molecule has 2 rings (SSSR count). The molecular formula is C15H18FN3O. The summed E-state index contributed by atoms with van der Waals surface area (Å²) in [7, 11) is 0. The number of halogens is 1. The van der Waals surface area contributed by atoms with Crippen LogP contribution in [0.3, 0.4) is 0 Å². The molecule has 5 heteroatoms. The minimum Gasteiger partial charge on any atom is -0.296 e. The molecule has 0 aliphatic carbocycles. The van der Waals surface area contributed by atoms with E-state index in [2.05, 4.69) is 17.2 Å². The Kier molecular flexibility index (Phi) is 4.98. The molecule has 4 nitrogen and oxygen atoms in total. The van der Waals surface area contributed by atoms with Gasteiger partial charge < -0.3 is 0 Å². The van der Waals surface area contributed by atoms with Gasteiger partial charge in [-0.1, -0.05) is 31.4 Å². The van der Waals surface area contributed by atoms with Crippen LogP contribution in [-0.2, 0) is 6.54 Å². The predicted molar refractivity (Wildman–Crippen MR) is 74.9 cm³/mol. The number of hydrogen-bond donors (Lipinski definition) is 0. The first-order valence-electron chi connectivity index (χ1n) is 6.91. The van der Waals surface area contributed by atoms with Gasteiger partial charge in [-0.2, -0.15) is 0 Å². The molecule has 0 spiro atoms. The van der Waals surface area contributed by atoms with E-state index in [4.69, 9.17) is 0 Å². The van der Waals surface area contributed by atoms with Crippen molar-refractivity contribution in [2.45, 2.75) is 39.2 Å². The molecule has 0 N–H and O–H groups in total. The largest absolute Gasteiger partial charge is 0.296 e. The average Bonchev–Trinajstić information content (AvgIpc) is 2.87. The second-order valence-corrected chi connectivity index (χ2v) is 4.73. The van der Waals surface area contributed by atoms with Gasteiger partial charge in [-0.3, -0.25) is 4.79 Å². The topological polar surface area (TPSA) is 47.8 Å². The highest BCUT2D eigenvalue weighted by atomic mass is 19.1. The van der Waals surface area contributed by atoms with Crippen LogP contribution in [-0.4, -0.2) is 21.3 Å². The maximum atomic E-state index is 13.0. The third-order valence-corrected chi connectivity index (χ3v) is 3.21. The Labute approximate surface area is 117 Å². The van der Waals surface area contributed by atoms with Gasteiger partial charge in [0.1, 0.15) is 5.82 Å². The van der Waals surface area contributed by atoms with Gasteiger partial charge in [0, 0.05) is 12.1 Å². The average molecular weight is 275 g/mol. The highest BCUT2D eigenvalue weighted by Crippen LogP contribution is 2.22. The molecule has 0 aliphatic heterocycles. The zero-order valence-electron chi connectivity index (χ0n) is 11.6. The molecule has 20 heavy (non-hydrogen) atoms. The molecule has 0 amide bonds. The first kappa shape index (κ1) is 14.4. The Hall–Kier alpha value is -2.04. The quantitative estimate of drug-likeness (QED) is 0.574. The van der Waals surface area contributed by atoms with E-state index in [0.717, 1.165) is 18.4 Å². The lowest BCUT2D eigenvalue weighted by atomic mass is 10.1. The molecule has 0 aliphatic rings. The van der Waals surface area contributed by atoms with E-state index in [1.54, 1.807) is 16.8 Å². The van der Waals surface area contributed by atoms with Crippen LogP contribution in [0.4, 0.5) is 4.39 Å². The van der Waals surface area contributed by atoms with Crippen molar-refractivity contribution in [3.63, 3.8) is 0 Å². The molecule has 1 aromatic heterocycles. The lowest BCUT2D eigenvalue weighted by Gasteiger charge is -2.07. The van der Waals surface area contributed by atoms with E-state index in [1.165, 1.54) is 25.0 Å². The number of aryl methyl sites for hydroxylation is 1. The van der Waals surface area contributed by atoms with Crippen LogP contribution < -0.4 is 0 Å². The molecule has 0 unspecified atom stereocenters. The molecule has 106 valence electrons. The number of aldehydes is 1. The van der Waals surface area contributed by atoms with E-state index in [0.29, 0.717) is 24.2 Å². The number of hydrogen-bond acceptors (Lipinski definition) is 3. The monoisotopic (exact) mass is 275 g/mol. The summed E-state index contributed by atoms with van der Waals surface area (Å²) in [5, 5.41) is 7.91. The fraction of sp³-hybridized carbons (Fsp3) is 0.400. The number of benzene rings is 1. The summed E-state index contributed by atoms with van der Waals surface area (Å²) < 4.78 is 14.7. The van der Waals surface area contributed by atoms with Crippen molar-refractivity contribution in [2.24, 2.45) is 0 Å². The lowest BCUT2D eigenvalue weighted by molar-refractivity contribution is 0.111. The molecule has 0 fully saturated rings. The summed E-state index contributed by atoms with van der Waals surface area (Å²) >= 11 is 0. The van der Waals surface area contributed by atoms with Gasteiger partial charge in [-0.15, -0.1) is 5.10 Å². The van der Waals surface area contributed by atoms with Crippen molar-refractivity contribution in [1.29, 1.82) is 0 Å². The van der Waals surface area contributed by atoms with Gasteiger partial charge in [0.05, 0.1) is 5.69 Å². The third kappa shape index (κ3) is 3.29. The van der Waals surface area contributed by atoms with Crippen molar-refractivity contribution in [3.05, 3.63) is 35.8 Å². The molecule has 0 atom stereocenters. The first-order valence-corrected chi connectivity index (χ1v) is 6.91. The Morgan fingerprint density at radius 2 is 1.95 bits per heavy atom. The summed E-state index contributed by atoms with van der Waals surface area (Å²) in [6.45, 7) is 2.87. The van der Waals surface area contributed by atoms with E-state index in [-0.39, 0.29) is 5.82 Å². The molecule has 0 saturated carbocycles. The van der Waals surface area contributed by atoms with Crippen molar-refractivity contribution < 1.29 is 9.18 Å². The normalized spacial score (nSPS) is 10.7. The van der Waals surface area contributed by atoms with Gasteiger partial charge in [0.2, 0.25) is 0 Å². The SMILES string of the molecule is CCCCCCn1nnc(C=O)c1-c1ccc(F)cc1. The molecule has 1 aromatic carbocycles. The van der Waals surface area contributed by atoms with E-state index in [1.807, 2.05) is 0 Å². The van der Waals surface area contributed by atoms with E-state index >= 15 is 0 Å². The number of carbonyl (C=O) groups excluding carboxylic acids is 1. The Morgan fingerprint density at radius 3 is 2.60 bits per heavy atom. The van der Waals surface area contributed by atoms with Crippen molar-refractivity contribution in [2.75, 3.05) is 0 Å². The minimum absolute atomic E-state index is 0.298. The molecular weight excluding hydrogens is 257 g/mol. The lowest BCUT2D eigenvalue weighted by Crippen LogP contribution is -2.03. The van der Waals surface area contributed by atoms with E-state index < -0.39 is 0 Å². The highest BCUT2D eigenvalue weighted by Gasteiger charge is 2.14. The summed E-state index contributed by atoms with van der Waals surface area (Å²) in [4.78, 5) is 11.1. The maximum Gasteiger partial charge on any atom is 0.172 e. The zero-order chi connectivity index (χ0) is 14.4. The van der Waals surface area contributed by atoms with Crippen LogP contribution in [0.15, 0.2) is 24.3 Å². The molecule has 0 bridgehead atoms. The number of nitrogens with zero attached hydrogens (tertiary/aromatic N) is 3. The van der Waals surface area contributed by atoms with Crippen molar-refractivity contribution in [1.82, 2.24) is 15.0 Å². The number of rotatable bonds is 7. The molecule has 0 saturated heterocycles. The summed E-state index contributed by atoms with van der Waals surface area (Å²) in [5.74, 6) is -0.302. The Bertz CT molecular complexity index is 563. The highest BCUT2D eigenvalue weighted by molar-refractivity contribution is 5.83. The minimum atomic E-state index is -0.302. The van der Waals surface area contributed by atoms with Crippen LogP contribution >= 0.6 is 0 Å². The zero-order valence-corrected chi connectivity index (χ0v) is 11.6. The molecule has 0 radical (unpaired) electrons. The van der Waals surface area contributed by atoms with Crippen LogP contribution in [0.25, 0.3) is 11.3 Å². The van der Waals surface area contributed by atoms with Crippen LogP contribution in [0.2, 0.25) is 0 Å². The molecule has 1 heterocycles. The number of aromatic nitrogens is 3. The van der Waals surface area contributed by atoms with Gasteiger partial charge in [-0.05, 0) is 30.7 Å². The van der Waals surface area contributed by atoms with Crippen molar-refractivity contribution in [3.8, 4) is 11.3 Å². The number of unbranched alkanes of at least 4 members (excludes halogenated alkanes) is 3. The predicted octanol–water partition coefficient (Wildman–Crippen LogP) is 3.48. The smallest absolute Gasteiger partial charge is 0.172 e. The molecule has 2 aromatic rings. The first-order chi connectivity index (χ1) is 9.76. The van der Waals surface area contributed by atoms with Gasteiger partial charge >= 0.3 is 0 Å². The summed E-state index contributed by atoms with van der Waals surface area (Å²) in [6.07, 6.45) is 5.15. The number of carbonyl (C=O) groups is 1. The van der Waals surface area contributed by atoms with Crippen LogP contribution in [0.5, 0.6) is 0 Å². The third-order valence-electron chi connectivity index (χ3n) is 3.21. The van der Waals surface area contributed by atoms with Gasteiger partial charge in [-0.25, -0.2) is 9.07 Å². The second kappa shape index (κ2) is 6.93. The van der Waals surface area contributed by atoms with Gasteiger partial charge in [0.25, 0.3) is 0 Å². The van der Waals surface area contributed by atoms with E-state index in [9.17, 15) is 9.18 Å². The Morgan fingerprint density at radius 1 is 1.20 bits per heavy atom. The fourth-order valence-electron chi connectivity index (χ4n) is 2.16. The standard InChI is InChI=1S/C15H18FN3O/c1-2-3-4-5-10-19-15(14(11-20)17-18-19)12-6-8-13(16)9-7-12/h6-9,11H,2-5,10H2,1H3. The van der Waals surface area contributed by atoms with Gasteiger partial charge in [0.15, 0.2) is 12.0 Å². The van der Waals surface area contributed by atoms with Crippen LogP contribution in [0.1, 0.15) is 43.1 Å². The summed E-state index contributed by atoms with van der Waals surface area (Å²) in [5.41, 5.74) is 1.72. The fourth-order valence-corrected chi connectivity index (χ4v) is 2.16. The van der Waals surface area contributed by atoms with Crippen LogP contribution in [0, 0.1) is 5.82 Å². The maximum absolute atomic E-state index is 13.0. The Balaban J connectivity index is 2.23. The summed E-state index contributed by atoms with van der Waals surface area (Å²) in [6, 6.07) is 6.03.